The van der Waals surface area contributed by atoms with Crippen LogP contribution >= 0.6 is 0 Å². The summed E-state index contributed by atoms with van der Waals surface area (Å²) in [6.07, 6.45) is 2.49. The zero-order valence-electron chi connectivity index (χ0n) is 11.4. The minimum atomic E-state index is 0.458. The molecule has 1 saturated heterocycles. The minimum Gasteiger partial charge on any atom is -0.494 e. The molecule has 0 bridgehead atoms. The van der Waals surface area contributed by atoms with Crippen LogP contribution in [0.1, 0.15) is 31.4 Å². The molecular weight excluding hydrogens is 224 g/mol. The van der Waals surface area contributed by atoms with Gasteiger partial charge in [-0.25, -0.2) is 0 Å². The Morgan fingerprint density at radius 2 is 2.06 bits per heavy atom. The number of nitrogens with two attached hydrogens (primary N) is 1. The standard InChI is InChI=1S/C15H24N2O/c1-3-18-14-8-6-12(7-9-14)15-13(11-16)5-4-10-17(15)2/h6-9,13,15H,3-5,10-11,16H2,1-2H3. The summed E-state index contributed by atoms with van der Waals surface area (Å²) in [5.41, 5.74) is 7.28. The van der Waals surface area contributed by atoms with Crippen molar-refractivity contribution in [1.82, 2.24) is 4.90 Å². The number of piperidine rings is 1. The van der Waals surface area contributed by atoms with Crippen molar-refractivity contribution in [3.8, 4) is 5.75 Å². The number of nitrogens with zero attached hydrogens (tertiary/aromatic N) is 1. The van der Waals surface area contributed by atoms with Crippen molar-refractivity contribution in [3.05, 3.63) is 29.8 Å². The van der Waals surface area contributed by atoms with Gasteiger partial charge in [0.05, 0.1) is 6.61 Å². The Morgan fingerprint density at radius 1 is 1.33 bits per heavy atom. The van der Waals surface area contributed by atoms with Gasteiger partial charge < -0.3 is 10.5 Å². The van der Waals surface area contributed by atoms with Crippen molar-refractivity contribution < 1.29 is 4.74 Å². The lowest BCUT2D eigenvalue weighted by molar-refractivity contribution is 0.125. The number of ether oxygens (including phenoxy) is 1. The van der Waals surface area contributed by atoms with Gasteiger partial charge in [-0.1, -0.05) is 12.1 Å². The van der Waals surface area contributed by atoms with Crippen LogP contribution in [-0.2, 0) is 0 Å². The highest BCUT2D eigenvalue weighted by Gasteiger charge is 2.29. The van der Waals surface area contributed by atoms with Crippen LogP contribution in [0.4, 0.5) is 0 Å². The van der Waals surface area contributed by atoms with Crippen molar-refractivity contribution in [2.45, 2.75) is 25.8 Å². The third-order valence-corrected chi connectivity index (χ3v) is 3.84. The largest absolute Gasteiger partial charge is 0.494 e. The average molecular weight is 248 g/mol. The normalized spacial score (nSPS) is 25.1. The lowest BCUT2D eigenvalue weighted by Crippen LogP contribution is -2.39. The molecule has 1 aromatic carbocycles. The molecule has 18 heavy (non-hydrogen) atoms. The summed E-state index contributed by atoms with van der Waals surface area (Å²) in [6.45, 7) is 4.65. The number of hydrogen-bond acceptors (Lipinski definition) is 3. The zero-order chi connectivity index (χ0) is 13.0. The van der Waals surface area contributed by atoms with Crippen molar-refractivity contribution in [1.29, 1.82) is 0 Å². The van der Waals surface area contributed by atoms with Crippen LogP contribution in [0, 0.1) is 5.92 Å². The first kappa shape index (κ1) is 13.4. The smallest absolute Gasteiger partial charge is 0.119 e. The van der Waals surface area contributed by atoms with Gasteiger partial charge in [-0.15, -0.1) is 0 Å². The van der Waals surface area contributed by atoms with Gasteiger partial charge in [0.25, 0.3) is 0 Å². The van der Waals surface area contributed by atoms with E-state index in [-0.39, 0.29) is 0 Å². The summed E-state index contributed by atoms with van der Waals surface area (Å²) in [5, 5.41) is 0. The van der Waals surface area contributed by atoms with Gasteiger partial charge in [0.1, 0.15) is 5.75 Å². The Kier molecular flexibility index (Phi) is 4.61. The Labute approximate surface area is 110 Å². The molecule has 0 aromatic heterocycles. The quantitative estimate of drug-likeness (QED) is 0.889. The second-order valence-electron chi connectivity index (χ2n) is 5.07. The van der Waals surface area contributed by atoms with Crippen molar-refractivity contribution in [2.75, 3.05) is 26.7 Å². The van der Waals surface area contributed by atoms with E-state index in [9.17, 15) is 0 Å². The maximum atomic E-state index is 5.92. The van der Waals surface area contributed by atoms with Gasteiger partial charge in [0.2, 0.25) is 0 Å². The van der Waals surface area contributed by atoms with Crippen LogP contribution in [0.5, 0.6) is 5.75 Å². The van der Waals surface area contributed by atoms with Gasteiger partial charge in [-0.2, -0.15) is 0 Å². The molecule has 1 aromatic rings. The molecule has 100 valence electrons. The van der Waals surface area contributed by atoms with Crippen LogP contribution in [0.3, 0.4) is 0 Å². The molecule has 3 heteroatoms. The van der Waals surface area contributed by atoms with Crippen molar-refractivity contribution in [3.63, 3.8) is 0 Å². The summed E-state index contributed by atoms with van der Waals surface area (Å²) in [5.74, 6) is 1.52. The Morgan fingerprint density at radius 3 is 2.67 bits per heavy atom. The van der Waals surface area contributed by atoms with Gasteiger partial charge in [0.15, 0.2) is 0 Å². The molecule has 1 aliphatic rings. The van der Waals surface area contributed by atoms with Gasteiger partial charge in [0, 0.05) is 6.04 Å². The fraction of sp³-hybridized carbons (Fsp3) is 0.600. The highest BCUT2D eigenvalue weighted by atomic mass is 16.5. The average Bonchev–Trinajstić information content (AvgIpc) is 2.40. The monoisotopic (exact) mass is 248 g/mol. The zero-order valence-corrected chi connectivity index (χ0v) is 11.4. The van der Waals surface area contributed by atoms with Crippen LogP contribution in [0.15, 0.2) is 24.3 Å². The molecule has 2 N–H and O–H groups in total. The lowest BCUT2D eigenvalue weighted by atomic mass is 9.85. The van der Waals surface area contributed by atoms with Crippen molar-refractivity contribution >= 4 is 0 Å². The Bertz CT molecular complexity index is 363. The molecule has 2 rings (SSSR count). The molecule has 0 radical (unpaired) electrons. The van der Waals surface area contributed by atoms with Crippen LogP contribution in [0.2, 0.25) is 0 Å². The topological polar surface area (TPSA) is 38.5 Å². The third-order valence-electron chi connectivity index (χ3n) is 3.84. The van der Waals surface area contributed by atoms with E-state index < -0.39 is 0 Å². The highest BCUT2D eigenvalue weighted by Crippen LogP contribution is 2.34. The summed E-state index contributed by atoms with van der Waals surface area (Å²) >= 11 is 0. The molecule has 1 fully saturated rings. The Balaban J connectivity index is 2.16. The highest BCUT2D eigenvalue weighted by molar-refractivity contribution is 5.30. The van der Waals surface area contributed by atoms with E-state index in [0.717, 1.165) is 18.8 Å². The van der Waals surface area contributed by atoms with E-state index in [2.05, 4.69) is 36.2 Å². The second-order valence-corrected chi connectivity index (χ2v) is 5.07. The fourth-order valence-corrected chi connectivity index (χ4v) is 2.96. The van der Waals surface area contributed by atoms with E-state index >= 15 is 0 Å². The molecule has 2 atom stereocenters. The molecule has 3 nitrogen and oxygen atoms in total. The molecule has 0 amide bonds. The minimum absolute atomic E-state index is 0.458. The number of likely N-dealkylation sites (tertiary alicyclic amines) is 1. The van der Waals surface area contributed by atoms with Gasteiger partial charge in [-0.3, -0.25) is 4.90 Å². The second kappa shape index (κ2) is 6.21. The molecule has 1 heterocycles. The van der Waals surface area contributed by atoms with Gasteiger partial charge >= 0.3 is 0 Å². The maximum Gasteiger partial charge on any atom is 0.119 e. The van der Waals surface area contributed by atoms with E-state index in [1.807, 2.05) is 6.92 Å². The van der Waals surface area contributed by atoms with E-state index in [4.69, 9.17) is 10.5 Å². The molecule has 2 unspecified atom stereocenters. The molecular formula is C15H24N2O. The summed E-state index contributed by atoms with van der Waals surface area (Å²) < 4.78 is 5.49. The van der Waals surface area contributed by atoms with Crippen molar-refractivity contribution in [2.24, 2.45) is 11.7 Å². The molecule has 0 spiro atoms. The summed E-state index contributed by atoms with van der Waals surface area (Å²) in [7, 11) is 2.20. The number of rotatable bonds is 4. The Hall–Kier alpha value is -1.06. The molecule has 0 saturated carbocycles. The first-order valence-corrected chi connectivity index (χ1v) is 6.89. The predicted octanol–water partition coefficient (Wildman–Crippen LogP) is 2.43. The number of hydrogen-bond donors (Lipinski definition) is 1. The van der Waals surface area contributed by atoms with E-state index in [1.165, 1.54) is 18.4 Å². The first-order chi connectivity index (χ1) is 8.76. The fourth-order valence-electron chi connectivity index (χ4n) is 2.96. The summed E-state index contributed by atoms with van der Waals surface area (Å²) in [4.78, 5) is 2.43. The van der Waals surface area contributed by atoms with Crippen LogP contribution in [0.25, 0.3) is 0 Å². The van der Waals surface area contributed by atoms with Crippen LogP contribution in [-0.4, -0.2) is 31.6 Å². The number of benzene rings is 1. The van der Waals surface area contributed by atoms with E-state index in [1.54, 1.807) is 0 Å². The lowest BCUT2D eigenvalue weighted by Gasteiger charge is -2.39. The first-order valence-electron chi connectivity index (χ1n) is 6.89. The van der Waals surface area contributed by atoms with E-state index in [0.29, 0.717) is 18.6 Å². The summed E-state index contributed by atoms with van der Waals surface area (Å²) in [6, 6.07) is 8.95. The third kappa shape index (κ3) is 2.85. The maximum absolute atomic E-state index is 5.92. The van der Waals surface area contributed by atoms with Gasteiger partial charge in [-0.05, 0) is 63.5 Å². The molecule has 0 aliphatic carbocycles. The van der Waals surface area contributed by atoms with Crippen LogP contribution < -0.4 is 10.5 Å². The SMILES string of the molecule is CCOc1ccc(C2C(CN)CCCN2C)cc1. The predicted molar refractivity (Wildman–Crippen MR) is 74.8 cm³/mol. The molecule has 1 aliphatic heterocycles.